The smallest absolute Gasteiger partial charge is 0.255 e. The Kier molecular flexibility index (Phi) is 5.21. The molecule has 1 unspecified atom stereocenters. The van der Waals surface area contributed by atoms with Crippen molar-refractivity contribution in [2.24, 2.45) is 0 Å². The summed E-state index contributed by atoms with van der Waals surface area (Å²) in [4.78, 5) is 12.4. The molecule has 4 rings (SSSR count). The number of hydrogen-bond acceptors (Lipinski definition) is 4. The first-order valence-corrected chi connectivity index (χ1v) is 9.67. The van der Waals surface area contributed by atoms with Crippen LogP contribution in [0.2, 0.25) is 0 Å². The average molecular weight is 375 g/mol. The van der Waals surface area contributed by atoms with E-state index in [2.05, 4.69) is 31.5 Å². The van der Waals surface area contributed by atoms with Gasteiger partial charge in [0.1, 0.15) is 11.6 Å². The molecule has 2 heterocycles. The van der Waals surface area contributed by atoms with Crippen molar-refractivity contribution in [2.45, 2.75) is 45.8 Å². The molecule has 0 bridgehead atoms. The number of nitrogens with one attached hydrogen (secondary N) is 2. The molecule has 1 atom stereocenters. The minimum Gasteiger partial charge on any atom is -0.322 e. The maximum Gasteiger partial charge on any atom is 0.255 e. The van der Waals surface area contributed by atoms with E-state index >= 15 is 0 Å². The second-order valence-electron chi connectivity index (χ2n) is 7.41. The quantitative estimate of drug-likeness (QED) is 0.718. The number of amides is 1. The number of carbonyl (C=O) groups excluding carboxylic acids is 1. The van der Waals surface area contributed by atoms with Gasteiger partial charge in [-0.15, -0.1) is 10.2 Å². The summed E-state index contributed by atoms with van der Waals surface area (Å²) in [5.41, 5.74) is 3.75. The second-order valence-corrected chi connectivity index (χ2v) is 7.41. The van der Waals surface area contributed by atoms with Gasteiger partial charge in [0.05, 0.1) is 0 Å². The summed E-state index contributed by atoms with van der Waals surface area (Å²) in [6.45, 7) is 5.72. The lowest BCUT2D eigenvalue weighted by atomic mass is 10.1. The van der Waals surface area contributed by atoms with Crippen molar-refractivity contribution in [3.05, 3.63) is 76.9 Å². The van der Waals surface area contributed by atoms with Crippen LogP contribution in [0.1, 0.15) is 39.6 Å². The van der Waals surface area contributed by atoms with Crippen LogP contribution in [0, 0.1) is 13.8 Å². The molecule has 28 heavy (non-hydrogen) atoms. The van der Waals surface area contributed by atoms with Gasteiger partial charge in [-0.05, 0) is 50.1 Å². The number of aryl methyl sites for hydroxylation is 2. The molecule has 0 fully saturated rings. The zero-order chi connectivity index (χ0) is 19.5. The van der Waals surface area contributed by atoms with Crippen LogP contribution in [0.5, 0.6) is 0 Å². The van der Waals surface area contributed by atoms with Crippen molar-refractivity contribution >= 4 is 11.6 Å². The lowest BCUT2D eigenvalue weighted by molar-refractivity contribution is 0.102. The SMILES string of the molecule is Cc1ccc(C(=O)Nc2cccc(CNC3CCn4c(C)nnc4C3)c2)cc1. The van der Waals surface area contributed by atoms with Crippen LogP contribution in [0.3, 0.4) is 0 Å². The van der Waals surface area contributed by atoms with Gasteiger partial charge in [-0.3, -0.25) is 4.79 Å². The monoisotopic (exact) mass is 375 g/mol. The summed E-state index contributed by atoms with van der Waals surface area (Å²) in [5, 5.41) is 15.0. The Morgan fingerprint density at radius 3 is 2.79 bits per heavy atom. The van der Waals surface area contributed by atoms with E-state index in [0.29, 0.717) is 11.6 Å². The number of hydrogen-bond donors (Lipinski definition) is 2. The third-order valence-electron chi connectivity index (χ3n) is 5.24. The van der Waals surface area contributed by atoms with E-state index in [-0.39, 0.29) is 5.91 Å². The Balaban J connectivity index is 1.35. The van der Waals surface area contributed by atoms with E-state index in [1.165, 1.54) is 0 Å². The molecule has 0 saturated carbocycles. The standard InChI is InChI=1S/C22H25N5O/c1-15-6-8-18(9-7-15)22(28)24-20-5-3-4-17(12-20)14-23-19-10-11-27-16(2)25-26-21(27)13-19/h3-9,12,19,23H,10-11,13-14H2,1-2H3,(H,24,28). The summed E-state index contributed by atoms with van der Waals surface area (Å²) in [5.74, 6) is 1.96. The number of carbonyl (C=O) groups is 1. The van der Waals surface area contributed by atoms with Crippen molar-refractivity contribution in [1.29, 1.82) is 0 Å². The average Bonchev–Trinajstić information content (AvgIpc) is 3.07. The minimum atomic E-state index is -0.0907. The van der Waals surface area contributed by atoms with Crippen molar-refractivity contribution < 1.29 is 4.79 Å². The number of nitrogens with zero attached hydrogens (tertiary/aromatic N) is 3. The zero-order valence-corrected chi connectivity index (χ0v) is 16.3. The van der Waals surface area contributed by atoms with Gasteiger partial charge in [-0.25, -0.2) is 0 Å². The molecule has 1 amide bonds. The van der Waals surface area contributed by atoms with Crippen molar-refractivity contribution in [2.75, 3.05) is 5.32 Å². The second kappa shape index (κ2) is 7.94. The van der Waals surface area contributed by atoms with Gasteiger partial charge in [0.25, 0.3) is 5.91 Å². The maximum absolute atomic E-state index is 12.4. The van der Waals surface area contributed by atoms with Gasteiger partial charge in [0.15, 0.2) is 0 Å². The summed E-state index contributed by atoms with van der Waals surface area (Å²) in [6, 6.07) is 16.0. The predicted octanol–water partition coefficient (Wildman–Crippen LogP) is 3.25. The van der Waals surface area contributed by atoms with Crippen LogP contribution >= 0.6 is 0 Å². The van der Waals surface area contributed by atoms with Crippen molar-refractivity contribution in [1.82, 2.24) is 20.1 Å². The Labute approximate surface area is 165 Å². The van der Waals surface area contributed by atoms with Crippen LogP contribution in [0.15, 0.2) is 48.5 Å². The fourth-order valence-corrected chi connectivity index (χ4v) is 3.58. The molecule has 1 aromatic heterocycles. The summed E-state index contributed by atoms with van der Waals surface area (Å²) in [6.07, 6.45) is 1.96. The van der Waals surface area contributed by atoms with Gasteiger partial charge in [0.2, 0.25) is 0 Å². The van der Waals surface area contributed by atoms with Gasteiger partial charge in [0, 0.05) is 36.8 Å². The first kappa shape index (κ1) is 18.4. The molecular formula is C22H25N5O. The molecule has 0 aliphatic carbocycles. The molecule has 2 N–H and O–H groups in total. The van der Waals surface area contributed by atoms with E-state index in [0.717, 1.165) is 54.4 Å². The van der Waals surface area contributed by atoms with E-state index in [1.54, 1.807) is 0 Å². The summed E-state index contributed by atoms with van der Waals surface area (Å²) < 4.78 is 2.19. The number of benzene rings is 2. The Hall–Kier alpha value is -2.99. The molecular weight excluding hydrogens is 350 g/mol. The topological polar surface area (TPSA) is 71.8 Å². The number of rotatable bonds is 5. The van der Waals surface area contributed by atoms with Crippen LogP contribution in [-0.2, 0) is 19.5 Å². The highest BCUT2D eigenvalue weighted by Crippen LogP contribution is 2.17. The zero-order valence-electron chi connectivity index (χ0n) is 16.3. The normalized spacial score (nSPS) is 15.9. The number of fused-ring (bicyclic) bond motifs is 1. The first-order chi connectivity index (χ1) is 13.6. The Morgan fingerprint density at radius 2 is 1.96 bits per heavy atom. The summed E-state index contributed by atoms with van der Waals surface area (Å²) >= 11 is 0. The van der Waals surface area contributed by atoms with E-state index in [1.807, 2.05) is 56.3 Å². The van der Waals surface area contributed by atoms with Gasteiger partial charge >= 0.3 is 0 Å². The Morgan fingerprint density at radius 1 is 1.14 bits per heavy atom. The van der Waals surface area contributed by atoms with Crippen LogP contribution < -0.4 is 10.6 Å². The maximum atomic E-state index is 12.4. The molecule has 2 aromatic carbocycles. The molecule has 0 saturated heterocycles. The van der Waals surface area contributed by atoms with Gasteiger partial charge < -0.3 is 15.2 Å². The first-order valence-electron chi connectivity index (χ1n) is 9.67. The molecule has 6 nitrogen and oxygen atoms in total. The molecule has 0 spiro atoms. The van der Waals surface area contributed by atoms with Crippen molar-refractivity contribution in [3.8, 4) is 0 Å². The van der Waals surface area contributed by atoms with Gasteiger partial charge in [-0.2, -0.15) is 0 Å². The third-order valence-corrected chi connectivity index (χ3v) is 5.24. The lowest BCUT2D eigenvalue weighted by Crippen LogP contribution is -2.36. The number of anilines is 1. The highest BCUT2D eigenvalue weighted by atomic mass is 16.1. The molecule has 144 valence electrons. The highest BCUT2D eigenvalue weighted by molar-refractivity contribution is 6.04. The fourth-order valence-electron chi connectivity index (χ4n) is 3.58. The van der Waals surface area contributed by atoms with Crippen LogP contribution in [-0.4, -0.2) is 26.7 Å². The molecule has 6 heteroatoms. The minimum absolute atomic E-state index is 0.0907. The van der Waals surface area contributed by atoms with E-state index in [9.17, 15) is 4.79 Å². The molecule has 1 aliphatic rings. The highest BCUT2D eigenvalue weighted by Gasteiger charge is 2.21. The fraction of sp³-hybridized carbons (Fsp3) is 0.318. The van der Waals surface area contributed by atoms with Gasteiger partial charge in [-0.1, -0.05) is 29.8 Å². The predicted molar refractivity (Wildman–Crippen MR) is 109 cm³/mol. The van der Waals surface area contributed by atoms with Crippen LogP contribution in [0.25, 0.3) is 0 Å². The Bertz CT molecular complexity index is 977. The number of aromatic nitrogens is 3. The molecule has 0 radical (unpaired) electrons. The molecule has 1 aliphatic heterocycles. The summed E-state index contributed by atoms with van der Waals surface area (Å²) in [7, 11) is 0. The van der Waals surface area contributed by atoms with E-state index < -0.39 is 0 Å². The lowest BCUT2D eigenvalue weighted by Gasteiger charge is -2.24. The van der Waals surface area contributed by atoms with Crippen molar-refractivity contribution in [3.63, 3.8) is 0 Å². The van der Waals surface area contributed by atoms with E-state index in [4.69, 9.17) is 0 Å². The van der Waals surface area contributed by atoms with Crippen LogP contribution in [0.4, 0.5) is 5.69 Å². The largest absolute Gasteiger partial charge is 0.322 e. The third kappa shape index (κ3) is 4.12. The molecule has 3 aromatic rings.